The number of urea groups is 1. The maximum Gasteiger partial charge on any atom is 0.322 e. The van der Waals surface area contributed by atoms with Crippen LogP contribution in [0.1, 0.15) is 0 Å². The van der Waals surface area contributed by atoms with Gasteiger partial charge < -0.3 is 24.6 Å². The van der Waals surface area contributed by atoms with Gasteiger partial charge in [-0.3, -0.25) is 0 Å². The third-order valence-corrected chi connectivity index (χ3v) is 6.04. The van der Waals surface area contributed by atoms with Gasteiger partial charge in [-0.1, -0.05) is 6.07 Å². The van der Waals surface area contributed by atoms with Crippen molar-refractivity contribution in [3.05, 3.63) is 48.0 Å². The van der Waals surface area contributed by atoms with E-state index in [-0.39, 0.29) is 12.1 Å². The number of fused-ring (bicyclic) bond motifs is 1. The van der Waals surface area contributed by atoms with Gasteiger partial charge in [0.05, 0.1) is 36.5 Å². The molecular formula is C21H22N4O3S. The molecule has 5 rings (SSSR count). The van der Waals surface area contributed by atoms with E-state index in [1.807, 2.05) is 48.0 Å². The Morgan fingerprint density at radius 1 is 1.14 bits per heavy atom. The average Bonchev–Trinajstić information content (AvgIpc) is 3.21. The van der Waals surface area contributed by atoms with E-state index in [9.17, 15) is 4.79 Å². The molecule has 0 spiro atoms. The zero-order valence-electron chi connectivity index (χ0n) is 15.9. The fraction of sp³-hybridized carbons (Fsp3) is 0.333. The molecule has 150 valence electrons. The number of hydrogen-bond acceptors (Lipinski definition) is 6. The summed E-state index contributed by atoms with van der Waals surface area (Å²) in [5, 5.41) is 2.96. The van der Waals surface area contributed by atoms with Gasteiger partial charge in [0, 0.05) is 24.5 Å². The number of benzene rings is 2. The van der Waals surface area contributed by atoms with Crippen molar-refractivity contribution in [3.63, 3.8) is 0 Å². The van der Waals surface area contributed by atoms with Crippen molar-refractivity contribution in [2.75, 3.05) is 49.6 Å². The maximum atomic E-state index is 12.5. The SMILES string of the molecule is O=C(Nc1ccc(N2CCOCC2)cc1)N1CC(Oc2cccc3scnc23)C1. The molecule has 0 atom stereocenters. The molecule has 3 aromatic rings. The highest BCUT2D eigenvalue weighted by Crippen LogP contribution is 2.29. The number of nitrogens with one attached hydrogen (secondary N) is 1. The summed E-state index contributed by atoms with van der Waals surface area (Å²) in [6.07, 6.45) is -0.00301. The second-order valence-corrected chi connectivity index (χ2v) is 8.06. The van der Waals surface area contributed by atoms with E-state index in [0.29, 0.717) is 13.1 Å². The molecule has 2 saturated heterocycles. The van der Waals surface area contributed by atoms with Crippen molar-refractivity contribution in [1.82, 2.24) is 9.88 Å². The number of aromatic nitrogens is 1. The monoisotopic (exact) mass is 410 g/mol. The van der Waals surface area contributed by atoms with Gasteiger partial charge >= 0.3 is 6.03 Å². The lowest BCUT2D eigenvalue weighted by atomic mass is 10.2. The second-order valence-electron chi connectivity index (χ2n) is 7.18. The lowest BCUT2D eigenvalue weighted by molar-refractivity contribution is 0.0502. The second kappa shape index (κ2) is 7.88. The van der Waals surface area contributed by atoms with Gasteiger partial charge in [-0.2, -0.15) is 0 Å². The molecule has 2 aliphatic heterocycles. The van der Waals surface area contributed by atoms with Crippen LogP contribution < -0.4 is 15.0 Å². The number of hydrogen-bond donors (Lipinski definition) is 1. The normalized spacial score (nSPS) is 17.2. The summed E-state index contributed by atoms with van der Waals surface area (Å²) in [4.78, 5) is 20.9. The molecule has 2 fully saturated rings. The molecule has 3 heterocycles. The number of rotatable bonds is 4. The van der Waals surface area contributed by atoms with E-state index in [1.54, 1.807) is 16.2 Å². The van der Waals surface area contributed by atoms with Gasteiger partial charge in [-0.15, -0.1) is 11.3 Å². The molecule has 8 heteroatoms. The number of morpholine rings is 1. The summed E-state index contributed by atoms with van der Waals surface area (Å²) in [7, 11) is 0. The summed E-state index contributed by atoms with van der Waals surface area (Å²) in [6, 6.07) is 13.8. The quantitative estimate of drug-likeness (QED) is 0.714. The van der Waals surface area contributed by atoms with Crippen molar-refractivity contribution >= 4 is 39.0 Å². The Kier molecular flexibility index (Phi) is 4.95. The van der Waals surface area contributed by atoms with Crippen LogP contribution in [-0.2, 0) is 4.74 Å². The molecule has 2 aliphatic rings. The Hall–Kier alpha value is -2.84. The Balaban J connectivity index is 1.13. The fourth-order valence-electron chi connectivity index (χ4n) is 3.59. The van der Waals surface area contributed by atoms with Crippen LogP contribution in [0.2, 0.25) is 0 Å². The molecule has 0 bridgehead atoms. The van der Waals surface area contributed by atoms with E-state index >= 15 is 0 Å². The summed E-state index contributed by atoms with van der Waals surface area (Å²) in [6.45, 7) is 4.45. The van der Waals surface area contributed by atoms with Crippen molar-refractivity contribution in [2.45, 2.75) is 6.10 Å². The standard InChI is InChI=1S/C21H22N4O3S/c26-21(23-15-4-6-16(7-5-15)24-8-10-27-11-9-24)25-12-17(13-25)28-18-2-1-3-19-20(18)22-14-29-19/h1-7,14,17H,8-13H2,(H,23,26). The molecule has 2 amide bonds. The highest BCUT2D eigenvalue weighted by Gasteiger charge is 2.32. The Morgan fingerprint density at radius 3 is 2.72 bits per heavy atom. The number of carbonyl (C=O) groups is 1. The molecule has 1 aromatic heterocycles. The zero-order valence-corrected chi connectivity index (χ0v) is 16.7. The molecule has 1 N–H and O–H groups in total. The lowest BCUT2D eigenvalue weighted by Gasteiger charge is -2.38. The number of thiazole rings is 1. The van der Waals surface area contributed by atoms with Crippen LogP contribution in [0.4, 0.5) is 16.2 Å². The minimum atomic E-state index is -0.101. The van der Waals surface area contributed by atoms with Crippen molar-refractivity contribution in [2.24, 2.45) is 0 Å². The number of ether oxygens (including phenoxy) is 2. The minimum Gasteiger partial charge on any atom is -0.484 e. The first-order chi connectivity index (χ1) is 14.3. The molecule has 2 aromatic carbocycles. The van der Waals surface area contributed by atoms with Gasteiger partial charge in [-0.25, -0.2) is 9.78 Å². The fourth-order valence-corrected chi connectivity index (χ4v) is 4.29. The van der Waals surface area contributed by atoms with Crippen LogP contribution in [0.3, 0.4) is 0 Å². The lowest BCUT2D eigenvalue weighted by Crippen LogP contribution is -2.57. The van der Waals surface area contributed by atoms with E-state index in [4.69, 9.17) is 9.47 Å². The molecule has 0 radical (unpaired) electrons. The van der Waals surface area contributed by atoms with Crippen LogP contribution in [0.5, 0.6) is 5.75 Å². The highest BCUT2D eigenvalue weighted by atomic mass is 32.1. The van der Waals surface area contributed by atoms with Crippen LogP contribution in [0.15, 0.2) is 48.0 Å². The van der Waals surface area contributed by atoms with Gasteiger partial charge in [0.2, 0.25) is 0 Å². The predicted molar refractivity (Wildman–Crippen MR) is 114 cm³/mol. The molecule has 0 unspecified atom stereocenters. The molecule has 29 heavy (non-hydrogen) atoms. The number of para-hydroxylation sites is 1. The van der Waals surface area contributed by atoms with E-state index < -0.39 is 0 Å². The first-order valence-corrected chi connectivity index (χ1v) is 10.6. The maximum absolute atomic E-state index is 12.5. The number of nitrogens with zero attached hydrogens (tertiary/aromatic N) is 3. The third-order valence-electron chi connectivity index (χ3n) is 5.25. The van der Waals surface area contributed by atoms with Crippen LogP contribution >= 0.6 is 11.3 Å². The largest absolute Gasteiger partial charge is 0.484 e. The van der Waals surface area contributed by atoms with Gasteiger partial charge in [0.15, 0.2) is 0 Å². The summed E-state index contributed by atoms with van der Waals surface area (Å²) < 4.78 is 12.5. The predicted octanol–water partition coefficient (Wildman–Crippen LogP) is 3.43. The molecule has 0 aliphatic carbocycles. The van der Waals surface area contributed by atoms with Crippen molar-refractivity contribution in [3.8, 4) is 5.75 Å². The number of carbonyl (C=O) groups excluding carboxylic acids is 1. The highest BCUT2D eigenvalue weighted by molar-refractivity contribution is 7.16. The van der Waals surface area contributed by atoms with Gasteiger partial charge in [0.25, 0.3) is 0 Å². The van der Waals surface area contributed by atoms with Crippen LogP contribution in [0.25, 0.3) is 10.2 Å². The molecule has 0 saturated carbocycles. The van der Waals surface area contributed by atoms with E-state index in [2.05, 4.69) is 15.2 Å². The zero-order chi connectivity index (χ0) is 19.6. The number of likely N-dealkylation sites (tertiary alicyclic amines) is 1. The number of amides is 2. The Morgan fingerprint density at radius 2 is 1.93 bits per heavy atom. The summed E-state index contributed by atoms with van der Waals surface area (Å²) >= 11 is 1.60. The molecular weight excluding hydrogens is 388 g/mol. The van der Waals surface area contributed by atoms with Crippen molar-refractivity contribution in [1.29, 1.82) is 0 Å². The van der Waals surface area contributed by atoms with Crippen LogP contribution in [-0.4, -0.2) is 61.4 Å². The minimum absolute atomic E-state index is 0.00301. The third kappa shape index (κ3) is 3.86. The number of anilines is 2. The molecule has 7 nitrogen and oxygen atoms in total. The summed E-state index contributed by atoms with van der Waals surface area (Å²) in [5.41, 5.74) is 4.66. The van der Waals surface area contributed by atoms with Gasteiger partial charge in [0.1, 0.15) is 17.4 Å². The average molecular weight is 410 g/mol. The first-order valence-electron chi connectivity index (χ1n) is 9.74. The topological polar surface area (TPSA) is 66.9 Å². The van der Waals surface area contributed by atoms with Gasteiger partial charge in [-0.05, 0) is 36.4 Å². The van der Waals surface area contributed by atoms with Crippen LogP contribution in [0, 0.1) is 0 Å². The van der Waals surface area contributed by atoms with Crippen molar-refractivity contribution < 1.29 is 14.3 Å². The first kappa shape index (κ1) is 18.2. The van der Waals surface area contributed by atoms with E-state index in [0.717, 1.165) is 53.6 Å². The Labute approximate surface area is 172 Å². The Bertz CT molecular complexity index is 995. The smallest absolute Gasteiger partial charge is 0.322 e. The van der Waals surface area contributed by atoms with E-state index in [1.165, 1.54) is 0 Å². The summed E-state index contributed by atoms with van der Waals surface area (Å²) in [5.74, 6) is 0.785.